The molecular formula is C10H17NO4. The highest BCUT2D eigenvalue weighted by Crippen LogP contribution is 1.97. The fourth-order valence-electron chi connectivity index (χ4n) is 0.975. The molecule has 0 atom stereocenters. The van der Waals surface area contributed by atoms with Gasteiger partial charge in [0.15, 0.2) is 0 Å². The summed E-state index contributed by atoms with van der Waals surface area (Å²) in [7, 11) is 0. The second-order valence-corrected chi connectivity index (χ2v) is 3.25. The number of carbonyl (C=O) groups excluding carboxylic acids is 1. The van der Waals surface area contributed by atoms with Gasteiger partial charge in [0.2, 0.25) is 5.91 Å². The number of aliphatic hydroxyl groups is 1. The van der Waals surface area contributed by atoms with Crippen molar-refractivity contribution < 1.29 is 19.8 Å². The molecule has 0 fully saturated rings. The number of hydrogen-bond acceptors (Lipinski definition) is 3. The third kappa shape index (κ3) is 8.96. The van der Waals surface area contributed by atoms with Crippen LogP contribution in [0.1, 0.15) is 26.2 Å². The number of aliphatic carboxylic acids is 1. The van der Waals surface area contributed by atoms with Crippen molar-refractivity contribution in [3.05, 3.63) is 11.6 Å². The van der Waals surface area contributed by atoms with Crippen molar-refractivity contribution in [2.45, 2.75) is 26.2 Å². The average molecular weight is 215 g/mol. The predicted octanol–water partition coefficient (Wildman–Crippen LogP) is 0.296. The standard InChI is InChI=1S/C10H17NO4/c1-8(4-6-12)7-9(13)11-5-2-3-10(14)15/h7,12H,2-6H2,1H3,(H,11,13)(H,14,15)/b8-7-. The van der Waals surface area contributed by atoms with E-state index in [1.165, 1.54) is 6.08 Å². The second kappa shape index (κ2) is 7.99. The van der Waals surface area contributed by atoms with Crippen LogP contribution >= 0.6 is 0 Å². The molecule has 0 aromatic carbocycles. The van der Waals surface area contributed by atoms with Crippen molar-refractivity contribution in [1.29, 1.82) is 0 Å². The van der Waals surface area contributed by atoms with E-state index in [2.05, 4.69) is 5.32 Å². The number of carboxylic acid groups (broad SMARTS) is 1. The highest BCUT2D eigenvalue weighted by Gasteiger charge is 1.99. The monoisotopic (exact) mass is 215 g/mol. The van der Waals surface area contributed by atoms with E-state index < -0.39 is 5.97 Å². The number of aliphatic hydroxyl groups excluding tert-OH is 1. The minimum absolute atomic E-state index is 0.0224. The molecule has 5 heteroatoms. The average Bonchev–Trinajstić information content (AvgIpc) is 2.12. The van der Waals surface area contributed by atoms with Crippen LogP contribution in [0.3, 0.4) is 0 Å². The van der Waals surface area contributed by atoms with Crippen LogP contribution in [0.5, 0.6) is 0 Å². The molecule has 15 heavy (non-hydrogen) atoms. The lowest BCUT2D eigenvalue weighted by Crippen LogP contribution is -2.23. The Balaban J connectivity index is 3.65. The molecular weight excluding hydrogens is 198 g/mol. The molecule has 0 unspecified atom stereocenters. The van der Waals surface area contributed by atoms with Crippen LogP contribution < -0.4 is 5.32 Å². The maximum absolute atomic E-state index is 11.2. The first-order valence-corrected chi connectivity index (χ1v) is 4.84. The molecule has 0 aliphatic carbocycles. The molecule has 0 heterocycles. The lowest BCUT2D eigenvalue weighted by molar-refractivity contribution is -0.137. The first-order chi connectivity index (χ1) is 7.06. The smallest absolute Gasteiger partial charge is 0.303 e. The summed E-state index contributed by atoms with van der Waals surface area (Å²) in [5.41, 5.74) is 0.799. The van der Waals surface area contributed by atoms with Crippen LogP contribution in [0, 0.1) is 0 Å². The van der Waals surface area contributed by atoms with Gasteiger partial charge in [-0.3, -0.25) is 9.59 Å². The van der Waals surface area contributed by atoms with Crippen LogP contribution in [0.2, 0.25) is 0 Å². The predicted molar refractivity (Wildman–Crippen MR) is 55.3 cm³/mol. The Morgan fingerprint density at radius 3 is 2.53 bits per heavy atom. The summed E-state index contributed by atoms with van der Waals surface area (Å²) < 4.78 is 0. The summed E-state index contributed by atoms with van der Waals surface area (Å²) in [6, 6.07) is 0. The van der Waals surface area contributed by atoms with Crippen LogP contribution in [0.15, 0.2) is 11.6 Å². The number of rotatable bonds is 7. The maximum Gasteiger partial charge on any atom is 0.303 e. The van der Waals surface area contributed by atoms with Gasteiger partial charge in [-0.25, -0.2) is 0 Å². The molecule has 0 aromatic rings. The van der Waals surface area contributed by atoms with E-state index >= 15 is 0 Å². The summed E-state index contributed by atoms with van der Waals surface area (Å²) in [5, 5.41) is 19.5. The van der Waals surface area contributed by atoms with E-state index in [0.29, 0.717) is 19.4 Å². The van der Waals surface area contributed by atoms with E-state index in [1.54, 1.807) is 6.92 Å². The quantitative estimate of drug-likeness (QED) is 0.421. The van der Waals surface area contributed by atoms with Gasteiger partial charge in [-0.1, -0.05) is 5.57 Å². The van der Waals surface area contributed by atoms with Gasteiger partial charge in [-0.2, -0.15) is 0 Å². The fraction of sp³-hybridized carbons (Fsp3) is 0.600. The molecule has 0 rings (SSSR count). The van der Waals surface area contributed by atoms with E-state index in [4.69, 9.17) is 10.2 Å². The molecule has 0 saturated heterocycles. The molecule has 0 saturated carbocycles. The molecule has 0 bridgehead atoms. The van der Waals surface area contributed by atoms with Gasteiger partial charge >= 0.3 is 5.97 Å². The molecule has 0 aliphatic rings. The maximum atomic E-state index is 11.2. The van der Waals surface area contributed by atoms with Crippen molar-refractivity contribution in [2.75, 3.05) is 13.2 Å². The SMILES string of the molecule is C/C(=C/C(=O)NCCCC(=O)O)CCO. The van der Waals surface area contributed by atoms with Crippen molar-refractivity contribution in [1.82, 2.24) is 5.32 Å². The molecule has 0 spiro atoms. The molecule has 0 aromatic heterocycles. The number of amides is 1. The summed E-state index contributed by atoms with van der Waals surface area (Å²) in [5.74, 6) is -1.11. The molecule has 86 valence electrons. The van der Waals surface area contributed by atoms with Gasteiger partial charge in [0, 0.05) is 25.6 Å². The first-order valence-electron chi connectivity index (χ1n) is 4.84. The van der Waals surface area contributed by atoms with Crippen molar-refractivity contribution in [3.63, 3.8) is 0 Å². The van der Waals surface area contributed by atoms with Gasteiger partial charge in [-0.05, 0) is 19.8 Å². The van der Waals surface area contributed by atoms with Gasteiger partial charge in [-0.15, -0.1) is 0 Å². The topological polar surface area (TPSA) is 86.6 Å². The lowest BCUT2D eigenvalue weighted by atomic mass is 10.2. The van der Waals surface area contributed by atoms with Gasteiger partial charge < -0.3 is 15.5 Å². The highest BCUT2D eigenvalue weighted by atomic mass is 16.4. The van der Waals surface area contributed by atoms with E-state index in [0.717, 1.165) is 5.57 Å². The molecule has 1 amide bonds. The van der Waals surface area contributed by atoms with Crippen LogP contribution in [0.25, 0.3) is 0 Å². The van der Waals surface area contributed by atoms with E-state index in [1.807, 2.05) is 0 Å². The number of carboxylic acids is 1. The summed E-state index contributed by atoms with van der Waals surface area (Å²) in [6.45, 7) is 2.13. The third-order valence-corrected chi connectivity index (χ3v) is 1.75. The third-order valence-electron chi connectivity index (χ3n) is 1.75. The fourth-order valence-corrected chi connectivity index (χ4v) is 0.975. The Hall–Kier alpha value is -1.36. The molecule has 0 radical (unpaired) electrons. The number of carbonyl (C=O) groups is 2. The highest BCUT2D eigenvalue weighted by molar-refractivity contribution is 5.88. The van der Waals surface area contributed by atoms with Crippen LogP contribution in [-0.4, -0.2) is 35.2 Å². The molecule has 3 N–H and O–H groups in total. The van der Waals surface area contributed by atoms with Crippen molar-refractivity contribution in [3.8, 4) is 0 Å². The summed E-state index contributed by atoms with van der Waals surface area (Å²) in [6.07, 6.45) is 2.37. The van der Waals surface area contributed by atoms with Crippen LogP contribution in [0.4, 0.5) is 0 Å². The number of nitrogens with one attached hydrogen (secondary N) is 1. The molecule has 0 aliphatic heterocycles. The van der Waals surface area contributed by atoms with Crippen LogP contribution in [-0.2, 0) is 9.59 Å². The Kier molecular flexibility index (Phi) is 7.27. The second-order valence-electron chi connectivity index (χ2n) is 3.25. The zero-order chi connectivity index (χ0) is 11.7. The first kappa shape index (κ1) is 13.6. The van der Waals surface area contributed by atoms with Crippen molar-refractivity contribution >= 4 is 11.9 Å². The zero-order valence-electron chi connectivity index (χ0n) is 8.82. The molecule has 5 nitrogen and oxygen atoms in total. The Bertz CT molecular complexity index is 248. The Morgan fingerprint density at radius 1 is 1.33 bits per heavy atom. The minimum atomic E-state index is -0.865. The van der Waals surface area contributed by atoms with E-state index in [9.17, 15) is 9.59 Å². The van der Waals surface area contributed by atoms with Gasteiger partial charge in [0.1, 0.15) is 0 Å². The zero-order valence-corrected chi connectivity index (χ0v) is 8.82. The largest absolute Gasteiger partial charge is 0.481 e. The Morgan fingerprint density at radius 2 is 2.00 bits per heavy atom. The van der Waals surface area contributed by atoms with Gasteiger partial charge in [0.25, 0.3) is 0 Å². The summed E-state index contributed by atoms with van der Waals surface area (Å²) >= 11 is 0. The van der Waals surface area contributed by atoms with E-state index in [-0.39, 0.29) is 18.9 Å². The normalized spacial score (nSPS) is 11.2. The Labute approximate surface area is 88.8 Å². The van der Waals surface area contributed by atoms with Gasteiger partial charge in [0.05, 0.1) is 0 Å². The van der Waals surface area contributed by atoms with Crippen molar-refractivity contribution in [2.24, 2.45) is 0 Å². The number of hydrogen-bond donors (Lipinski definition) is 3. The lowest BCUT2D eigenvalue weighted by Gasteiger charge is -2.01. The minimum Gasteiger partial charge on any atom is -0.481 e. The summed E-state index contributed by atoms with van der Waals surface area (Å²) in [4.78, 5) is 21.3.